The van der Waals surface area contributed by atoms with Crippen LogP contribution in [0.15, 0.2) is 42.5 Å². The number of carbonyl (C=O) groups excluding carboxylic acids is 2. The molecule has 1 aliphatic rings. The molecule has 31 heavy (non-hydrogen) atoms. The Morgan fingerprint density at radius 2 is 1.68 bits per heavy atom. The highest BCUT2D eigenvalue weighted by molar-refractivity contribution is 5.97. The molecule has 0 radical (unpaired) electrons. The number of hydrogen-bond acceptors (Lipinski definition) is 5. The van der Waals surface area contributed by atoms with Crippen LogP contribution in [0.3, 0.4) is 0 Å². The van der Waals surface area contributed by atoms with Crippen molar-refractivity contribution in [2.75, 3.05) is 26.2 Å². The Morgan fingerprint density at radius 3 is 2.26 bits per heavy atom. The number of nitrogens with zero attached hydrogens (tertiary/aromatic N) is 1. The van der Waals surface area contributed by atoms with E-state index in [-0.39, 0.29) is 17.9 Å². The molecule has 0 spiro atoms. The second kappa shape index (κ2) is 9.73. The maximum atomic E-state index is 13.1. The van der Waals surface area contributed by atoms with Crippen molar-refractivity contribution in [3.05, 3.63) is 48.0 Å². The maximum absolute atomic E-state index is 13.1. The molecule has 7 heteroatoms. The number of carbonyl (C=O) groups is 2. The molecule has 1 saturated heterocycles. The van der Waals surface area contributed by atoms with Crippen molar-refractivity contribution in [2.45, 2.75) is 38.8 Å². The second-order valence-corrected chi connectivity index (χ2v) is 7.83. The lowest BCUT2D eigenvalue weighted by molar-refractivity contribution is -0.129. The van der Waals surface area contributed by atoms with E-state index in [0.717, 1.165) is 5.56 Å². The minimum absolute atomic E-state index is 0.00520. The number of anilines is 1. The van der Waals surface area contributed by atoms with Crippen molar-refractivity contribution >= 4 is 17.5 Å². The van der Waals surface area contributed by atoms with E-state index in [9.17, 15) is 9.59 Å². The van der Waals surface area contributed by atoms with Crippen molar-refractivity contribution in [3.8, 4) is 17.2 Å². The number of rotatable bonds is 7. The molecule has 1 fully saturated rings. The topological polar surface area (TPSA) is 77.1 Å². The lowest BCUT2D eigenvalue weighted by Crippen LogP contribution is -2.49. The predicted molar refractivity (Wildman–Crippen MR) is 119 cm³/mol. The largest absolute Gasteiger partial charge is 0.497 e. The molecule has 2 aromatic rings. The summed E-state index contributed by atoms with van der Waals surface area (Å²) in [7, 11) is 4.74. The summed E-state index contributed by atoms with van der Waals surface area (Å²) in [6.45, 7) is 3.86. The summed E-state index contributed by atoms with van der Waals surface area (Å²) in [5.41, 5.74) is 1.53. The monoisotopic (exact) mass is 426 g/mol. The Balaban J connectivity index is 2.11. The lowest BCUT2D eigenvalue weighted by Gasteiger charge is -2.41. The van der Waals surface area contributed by atoms with Gasteiger partial charge in [-0.1, -0.05) is 6.07 Å². The van der Waals surface area contributed by atoms with Gasteiger partial charge in [0, 0.05) is 18.2 Å². The van der Waals surface area contributed by atoms with Gasteiger partial charge in [-0.15, -0.1) is 0 Å². The third kappa shape index (κ3) is 4.76. The molecule has 2 unspecified atom stereocenters. The number of nitrogens with one attached hydrogen (secondary N) is 1. The van der Waals surface area contributed by atoms with Crippen LogP contribution in [-0.2, 0) is 9.59 Å². The number of piperidine rings is 1. The normalized spacial score (nSPS) is 18.6. The van der Waals surface area contributed by atoms with Crippen molar-refractivity contribution in [2.24, 2.45) is 5.92 Å². The van der Waals surface area contributed by atoms with Gasteiger partial charge < -0.3 is 24.4 Å². The molecule has 2 atom stereocenters. The third-order valence-corrected chi connectivity index (χ3v) is 5.46. The van der Waals surface area contributed by atoms with Gasteiger partial charge in [0.15, 0.2) is 11.5 Å². The predicted octanol–water partition coefficient (Wildman–Crippen LogP) is 3.72. The zero-order valence-corrected chi connectivity index (χ0v) is 18.7. The molecule has 3 rings (SSSR count). The van der Waals surface area contributed by atoms with E-state index in [1.54, 1.807) is 32.3 Å². The highest BCUT2D eigenvalue weighted by Gasteiger charge is 2.41. The molecule has 1 heterocycles. The van der Waals surface area contributed by atoms with Crippen LogP contribution < -0.4 is 24.4 Å². The molecular formula is C24H30N2O5. The van der Waals surface area contributed by atoms with Gasteiger partial charge in [0.25, 0.3) is 0 Å². The Bertz CT molecular complexity index is 926. The summed E-state index contributed by atoms with van der Waals surface area (Å²) in [4.78, 5) is 28.0. The number of hydrogen-bond donors (Lipinski definition) is 1. The van der Waals surface area contributed by atoms with Crippen LogP contribution in [0.4, 0.5) is 5.69 Å². The van der Waals surface area contributed by atoms with E-state index in [1.165, 1.54) is 0 Å². The molecule has 1 N–H and O–H groups in total. The zero-order valence-electron chi connectivity index (χ0n) is 18.7. The van der Waals surface area contributed by atoms with Gasteiger partial charge in [-0.2, -0.15) is 0 Å². The fraction of sp³-hybridized carbons (Fsp3) is 0.417. The van der Waals surface area contributed by atoms with Crippen LogP contribution >= 0.6 is 0 Å². The van der Waals surface area contributed by atoms with E-state index in [2.05, 4.69) is 5.32 Å². The first-order chi connectivity index (χ1) is 14.9. The fourth-order valence-corrected chi connectivity index (χ4v) is 4.02. The highest BCUT2D eigenvalue weighted by atomic mass is 16.5. The summed E-state index contributed by atoms with van der Waals surface area (Å²) in [5.74, 6) is 1.34. The van der Waals surface area contributed by atoms with E-state index >= 15 is 0 Å². The minimum atomic E-state index is -0.479. The van der Waals surface area contributed by atoms with Crippen LogP contribution in [0.2, 0.25) is 0 Å². The average molecular weight is 427 g/mol. The molecule has 2 amide bonds. The molecule has 0 aromatic heterocycles. The van der Waals surface area contributed by atoms with Gasteiger partial charge >= 0.3 is 0 Å². The van der Waals surface area contributed by atoms with Gasteiger partial charge in [-0.3, -0.25) is 9.59 Å². The smallest absolute Gasteiger partial charge is 0.227 e. The average Bonchev–Trinajstić information content (AvgIpc) is 2.77. The van der Waals surface area contributed by atoms with Crippen LogP contribution in [0.5, 0.6) is 17.2 Å². The summed E-state index contributed by atoms with van der Waals surface area (Å²) < 4.78 is 16.1. The van der Waals surface area contributed by atoms with E-state index in [0.29, 0.717) is 35.8 Å². The van der Waals surface area contributed by atoms with E-state index in [1.807, 2.05) is 50.2 Å². The van der Waals surface area contributed by atoms with Crippen molar-refractivity contribution in [3.63, 3.8) is 0 Å². The maximum Gasteiger partial charge on any atom is 0.227 e. The quantitative estimate of drug-likeness (QED) is 0.730. The van der Waals surface area contributed by atoms with Gasteiger partial charge in [0.1, 0.15) is 5.75 Å². The molecule has 166 valence electrons. The number of ether oxygens (including phenoxy) is 3. The van der Waals surface area contributed by atoms with Crippen LogP contribution in [0.25, 0.3) is 0 Å². The second-order valence-electron chi connectivity index (χ2n) is 7.83. The molecule has 1 aliphatic heterocycles. The molecule has 7 nitrogen and oxygen atoms in total. The summed E-state index contributed by atoms with van der Waals surface area (Å²) >= 11 is 0. The molecule has 0 bridgehead atoms. The fourth-order valence-electron chi connectivity index (χ4n) is 4.02. The first-order valence-corrected chi connectivity index (χ1v) is 10.4. The number of amides is 2. The van der Waals surface area contributed by atoms with E-state index < -0.39 is 12.0 Å². The lowest BCUT2D eigenvalue weighted by atomic mass is 9.83. The highest BCUT2D eigenvalue weighted by Crippen LogP contribution is 2.42. The van der Waals surface area contributed by atoms with Crippen LogP contribution in [-0.4, -0.2) is 39.2 Å². The molecule has 0 saturated carbocycles. The molecular weight excluding hydrogens is 396 g/mol. The van der Waals surface area contributed by atoms with E-state index in [4.69, 9.17) is 14.2 Å². The van der Waals surface area contributed by atoms with Crippen molar-refractivity contribution < 1.29 is 23.8 Å². The first kappa shape index (κ1) is 22.5. The summed E-state index contributed by atoms with van der Waals surface area (Å²) in [5, 5.41) is 3.02. The summed E-state index contributed by atoms with van der Waals surface area (Å²) in [6.07, 6.45) is 0.773. The minimum Gasteiger partial charge on any atom is -0.497 e. The summed E-state index contributed by atoms with van der Waals surface area (Å²) in [6, 6.07) is 12.4. The Kier molecular flexibility index (Phi) is 7.05. The number of methoxy groups -OCH3 is 3. The SMILES string of the molecule is COc1ccc(N2C(=O)CCC(C(=O)NC(C)C)C2c2ccc(OC)c(OC)c2)cc1. The van der Waals surface area contributed by atoms with Crippen LogP contribution in [0.1, 0.15) is 38.3 Å². The first-order valence-electron chi connectivity index (χ1n) is 10.4. The van der Waals surface area contributed by atoms with Gasteiger partial charge in [0.2, 0.25) is 11.8 Å². The Hall–Kier alpha value is -3.22. The van der Waals surface area contributed by atoms with Gasteiger partial charge in [-0.05, 0) is 62.2 Å². The zero-order chi connectivity index (χ0) is 22.5. The number of benzene rings is 2. The molecule has 2 aromatic carbocycles. The Labute approximate surface area is 183 Å². The molecule has 0 aliphatic carbocycles. The van der Waals surface area contributed by atoms with Gasteiger partial charge in [-0.25, -0.2) is 0 Å². The van der Waals surface area contributed by atoms with Gasteiger partial charge in [0.05, 0.1) is 33.3 Å². The third-order valence-electron chi connectivity index (χ3n) is 5.46. The van der Waals surface area contributed by atoms with Crippen molar-refractivity contribution in [1.82, 2.24) is 5.32 Å². The standard InChI is InChI=1S/C24H30N2O5/c1-15(2)25-24(28)19-11-13-22(27)26(17-7-9-18(29-3)10-8-17)23(19)16-6-12-20(30-4)21(14-16)31-5/h6-10,12,14-15,19,23H,11,13H2,1-5H3,(H,25,28). The van der Waals surface area contributed by atoms with Crippen molar-refractivity contribution in [1.29, 1.82) is 0 Å². The van der Waals surface area contributed by atoms with Crippen LogP contribution in [0, 0.1) is 5.92 Å². The Morgan fingerprint density at radius 1 is 1.00 bits per heavy atom.